The van der Waals surface area contributed by atoms with Crippen LogP contribution in [0.25, 0.3) is 5.69 Å². The van der Waals surface area contributed by atoms with Gasteiger partial charge in [0.05, 0.1) is 30.6 Å². The van der Waals surface area contributed by atoms with Gasteiger partial charge in [-0.2, -0.15) is 0 Å². The minimum atomic E-state index is -0.194. The summed E-state index contributed by atoms with van der Waals surface area (Å²) in [6.45, 7) is 6.03. The Kier molecular flexibility index (Phi) is 7.59. The summed E-state index contributed by atoms with van der Waals surface area (Å²) in [5, 5.41) is 7.71. The lowest BCUT2D eigenvalue weighted by molar-refractivity contribution is -0.115. The highest BCUT2D eigenvalue weighted by Gasteiger charge is 2.42. The van der Waals surface area contributed by atoms with E-state index in [1.165, 1.54) is 0 Å². The van der Waals surface area contributed by atoms with Gasteiger partial charge < -0.3 is 24.8 Å². The molecule has 1 aliphatic rings. The first-order valence-corrected chi connectivity index (χ1v) is 13.5. The zero-order chi connectivity index (χ0) is 27.7. The lowest BCUT2D eigenvalue weighted by atomic mass is 9.96. The summed E-state index contributed by atoms with van der Waals surface area (Å²) in [4.78, 5) is 18.8. The smallest absolute Gasteiger partial charge is 0.224 e. The third kappa shape index (κ3) is 5.10. The van der Waals surface area contributed by atoms with Gasteiger partial charge in [0.15, 0.2) is 5.11 Å². The van der Waals surface area contributed by atoms with Gasteiger partial charge >= 0.3 is 0 Å². The topological polar surface area (TPSA) is 71.4 Å². The highest BCUT2D eigenvalue weighted by Crippen LogP contribution is 2.45. The van der Waals surface area contributed by atoms with E-state index in [0.717, 1.165) is 34.0 Å². The molecule has 2 aromatic heterocycles. The van der Waals surface area contributed by atoms with E-state index in [0.29, 0.717) is 28.0 Å². The Balaban J connectivity index is 1.64. The van der Waals surface area contributed by atoms with E-state index in [2.05, 4.69) is 45.0 Å². The number of halogens is 1. The second kappa shape index (κ2) is 11.1. The average molecular weight is 560 g/mol. The fraction of sp³-hybridized carbons (Fsp3) is 0.233. The first-order valence-electron chi connectivity index (χ1n) is 12.8. The molecule has 39 heavy (non-hydrogen) atoms. The molecule has 2 atom stereocenters. The highest BCUT2D eigenvalue weighted by atomic mass is 35.5. The van der Waals surface area contributed by atoms with Crippen LogP contribution in [-0.4, -0.2) is 27.7 Å². The van der Waals surface area contributed by atoms with Crippen LogP contribution >= 0.6 is 23.8 Å². The predicted molar refractivity (Wildman–Crippen MR) is 160 cm³/mol. The largest absolute Gasteiger partial charge is 0.494 e. The predicted octanol–water partition coefficient (Wildman–Crippen LogP) is 6.68. The van der Waals surface area contributed by atoms with Crippen molar-refractivity contribution in [2.45, 2.75) is 39.3 Å². The molecule has 0 saturated carbocycles. The SMILES string of the molecule is CCC(=O)Nc1ccc(N2C(=S)N[C@H](c3ccccn3)[C@@H]2c2cc(C)n(-c3ccc(Cl)cc3)c2C)cc1OC. The van der Waals surface area contributed by atoms with Gasteiger partial charge in [-0.05, 0) is 86.2 Å². The van der Waals surface area contributed by atoms with Crippen molar-refractivity contribution in [3.63, 3.8) is 0 Å². The van der Waals surface area contributed by atoms with Gasteiger partial charge in [-0.25, -0.2) is 0 Å². The first kappa shape index (κ1) is 26.7. The Bertz CT molecular complexity index is 1520. The summed E-state index contributed by atoms with van der Waals surface area (Å²) in [7, 11) is 1.59. The second-order valence-corrected chi connectivity index (χ2v) is 10.2. The number of anilines is 2. The molecule has 0 spiro atoms. The van der Waals surface area contributed by atoms with Crippen molar-refractivity contribution in [1.29, 1.82) is 0 Å². The molecule has 0 unspecified atom stereocenters. The van der Waals surface area contributed by atoms with E-state index < -0.39 is 0 Å². The molecular formula is C30H30ClN5O2S. The quantitative estimate of drug-likeness (QED) is 0.246. The maximum atomic E-state index is 12.1. The molecule has 1 aliphatic heterocycles. The summed E-state index contributed by atoms with van der Waals surface area (Å²) in [5.74, 6) is 0.478. The van der Waals surface area contributed by atoms with Gasteiger partial charge in [0.2, 0.25) is 5.91 Å². The number of nitrogens with zero attached hydrogens (tertiary/aromatic N) is 3. The Morgan fingerprint density at radius 2 is 1.85 bits per heavy atom. The molecule has 4 aromatic rings. The lowest BCUT2D eigenvalue weighted by Crippen LogP contribution is -2.29. The number of hydrogen-bond acceptors (Lipinski definition) is 4. The summed E-state index contributed by atoms with van der Waals surface area (Å²) < 4.78 is 7.89. The van der Waals surface area contributed by atoms with E-state index in [1.54, 1.807) is 13.3 Å². The number of hydrogen-bond donors (Lipinski definition) is 2. The van der Waals surface area contributed by atoms with Crippen molar-refractivity contribution in [2.24, 2.45) is 0 Å². The molecule has 0 aliphatic carbocycles. The molecular weight excluding hydrogens is 530 g/mol. The number of pyridine rings is 1. The molecule has 0 radical (unpaired) electrons. The Labute approximate surface area is 238 Å². The van der Waals surface area contributed by atoms with Crippen molar-refractivity contribution in [3.05, 3.63) is 101 Å². The summed E-state index contributed by atoms with van der Waals surface area (Å²) in [5.41, 5.74) is 6.69. The van der Waals surface area contributed by atoms with E-state index in [-0.39, 0.29) is 18.0 Å². The number of nitrogens with one attached hydrogen (secondary N) is 2. The number of rotatable bonds is 7. The molecule has 7 nitrogen and oxygen atoms in total. The Morgan fingerprint density at radius 3 is 2.51 bits per heavy atom. The van der Waals surface area contributed by atoms with E-state index in [4.69, 9.17) is 28.6 Å². The molecule has 2 N–H and O–H groups in total. The minimum absolute atomic E-state index is 0.0814. The molecule has 9 heteroatoms. The third-order valence-electron chi connectivity index (χ3n) is 7.03. The van der Waals surface area contributed by atoms with Crippen LogP contribution in [0, 0.1) is 13.8 Å². The Hall–Kier alpha value is -3.88. The number of benzene rings is 2. The fourth-order valence-corrected chi connectivity index (χ4v) is 5.67. The molecule has 3 heterocycles. The molecule has 2 aromatic carbocycles. The summed E-state index contributed by atoms with van der Waals surface area (Å²) >= 11 is 12.1. The zero-order valence-electron chi connectivity index (χ0n) is 22.2. The third-order valence-corrected chi connectivity index (χ3v) is 7.60. The van der Waals surface area contributed by atoms with Gasteiger partial charge in [-0.1, -0.05) is 24.6 Å². The van der Waals surface area contributed by atoms with Gasteiger partial charge in [0, 0.05) is 46.5 Å². The van der Waals surface area contributed by atoms with Crippen LogP contribution in [0.1, 0.15) is 48.1 Å². The minimum Gasteiger partial charge on any atom is -0.494 e. The molecule has 1 fully saturated rings. The normalized spacial score (nSPS) is 16.7. The number of aromatic nitrogens is 2. The molecule has 5 rings (SSSR count). The van der Waals surface area contributed by atoms with Crippen LogP contribution in [0.4, 0.5) is 11.4 Å². The van der Waals surface area contributed by atoms with Crippen LogP contribution < -0.4 is 20.3 Å². The number of thiocarbonyl (C=S) groups is 1. The van der Waals surface area contributed by atoms with Crippen molar-refractivity contribution in [2.75, 3.05) is 17.3 Å². The van der Waals surface area contributed by atoms with Crippen LogP contribution in [0.15, 0.2) is 72.9 Å². The summed E-state index contributed by atoms with van der Waals surface area (Å²) in [6.07, 6.45) is 2.17. The number of carbonyl (C=O) groups excluding carboxylic acids is 1. The number of aryl methyl sites for hydroxylation is 1. The van der Waals surface area contributed by atoms with Gasteiger partial charge in [0.1, 0.15) is 5.75 Å². The van der Waals surface area contributed by atoms with Crippen molar-refractivity contribution < 1.29 is 9.53 Å². The van der Waals surface area contributed by atoms with Gasteiger partial charge in [-0.15, -0.1) is 0 Å². The van der Waals surface area contributed by atoms with Crippen LogP contribution in [0.3, 0.4) is 0 Å². The number of carbonyl (C=O) groups is 1. The zero-order valence-corrected chi connectivity index (χ0v) is 23.8. The van der Waals surface area contributed by atoms with Crippen molar-refractivity contribution >= 4 is 46.2 Å². The average Bonchev–Trinajstić information content (AvgIpc) is 3.44. The number of methoxy groups -OCH3 is 1. The van der Waals surface area contributed by atoms with Crippen molar-refractivity contribution in [3.8, 4) is 11.4 Å². The standard InChI is InChI=1S/C30H30ClN5O2S/c1-5-27(37)33-24-14-13-22(17-26(24)38-4)36-29(28(34-30(36)39)25-8-6-7-15-32-25)23-16-18(2)35(19(23)3)21-11-9-20(31)10-12-21/h6-17,28-29H,5H2,1-4H3,(H,33,37)(H,34,39)/t28-,29+/m1/s1. The molecule has 1 saturated heterocycles. The molecule has 0 bridgehead atoms. The maximum absolute atomic E-state index is 12.1. The van der Waals surface area contributed by atoms with Crippen LogP contribution in [0.2, 0.25) is 5.02 Å². The first-order chi connectivity index (χ1) is 18.8. The van der Waals surface area contributed by atoms with Crippen LogP contribution in [0.5, 0.6) is 5.75 Å². The monoisotopic (exact) mass is 559 g/mol. The molecule has 200 valence electrons. The Morgan fingerprint density at radius 1 is 1.10 bits per heavy atom. The lowest BCUT2D eigenvalue weighted by Gasteiger charge is -2.29. The number of amides is 1. The van der Waals surface area contributed by atoms with E-state index in [1.807, 2.05) is 67.6 Å². The second-order valence-electron chi connectivity index (χ2n) is 9.42. The van der Waals surface area contributed by atoms with E-state index in [9.17, 15) is 4.79 Å². The summed E-state index contributed by atoms with van der Waals surface area (Å²) in [6, 6.07) is 21.3. The molecule has 1 amide bonds. The van der Waals surface area contributed by atoms with Gasteiger partial charge in [0.25, 0.3) is 0 Å². The van der Waals surface area contributed by atoms with E-state index >= 15 is 0 Å². The highest BCUT2D eigenvalue weighted by molar-refractivity contribution is 7.80. The fourth-order valence-electron chi connectivity index (χ4n) is 5.20. The van der Waals surface area contributed by atoms with Crippen LogP contribution in [-0.2, 0) is 4.79 Å². The number of ether oxygens (including phenoxy) is 1. The van der Waals surface area contributed by atoms with Crippen molar-refractivity contribution in [1.82, 2.24) is 14.9 Å². The van der Waals surface area contributed by atoms with Gasteiger partial charge in [-0.3, -0.25) is 9.78 Å². The maximum Gasteiger partial charge on any atom is 0.224 e.